The predicted octanol–water partition coefficient (Wildman–Crippen LogP) is 0.122. The number of carbonyl (C=O) groups excluding carboxylic acids is 3. The van der Waals surface area contributed by atoms with Crippen molar-refractivity contribution in [2.24, 2.45) is 5.92 Å². The first kappa shape index (κ1) is 15.3. The van der Waals surface area contributed by atoms with E-state index in [9.17, 15) is 19.2 Å². The van der Waals surface area contributed by atoms with Gasteiger partial charge >= 0.3 is 6.09 Å². The molecule has 2 unspecified atom stereocenters. The first-order chi connectivity index (χ1) is 10.9. The van der Waals surface area contributed by atoms with Crippen molar-refractivity contribution in [1.29, 1.82) is 0 Å². The van der Waals surface area contributed by atoms with Crippen LogP contribution in [0.5, 0.6) is 0 Å². The SMILES string of the molecule is O=C(O)NC(=O)C1=CCC2=CN(C3CCC(=O)NC3=O)CC2C1. The van der Waals surface area contributed by atoms with Crippen molar-refractivity contribution in [2.45, 2.75) is 31.7 Å². The fourth-order valence-electron chi connectivity index (χ4n) is 3.33. The summed E-state index contributed by atoms with van der Waals surface area (Å²) >= 11 is 0. The van der Waals surface area contributed by atoms with Crippen LogP contribution in [0.2, 0.25) is 0 Å². The van der Waals surface area contributed by atoms with Gasteiger partial charge in [0, 0.05) is 24.5 Å². The molecule has 0 spiro atoms. The monoisotopic (exact) mass is 319 g/mol. The highest BCUT2D eigenvalue weighted by atomic mass is 16.4. The van der Waals surface area contributed by atoms with Crippen LogP contribution < -0.4 is 10.6 Å². The highest BCUT2D eigenvalue weighted by Gasteiger charge is 2.37. The van der Waals surface area contributed by atoms with Crippen LogP contribution in [0.3, 0.4) is 0 Å². The standard InChI is InChI=1S/C15H17N3O5/c19-12-4-3-11(14(21)16-12)18-6-9-2-1-8(5-10(9)7-18)13(20)17-15(22)23/h1,6,10-11H,2-5,7H2,(H,17,20)(H,22,23)(H,16,19,21). The number of carboxylic acid groups (broad SMARTS) is 1. The molecule has 1 fully saturated rings. The Kier molecular flexibility index (Phi) is 3.89. The third kappa shape index (κ3) is 3.10. The number of hydrogen-bond acceptors (Lipinski definition) is 5. The zero-order valence-corrected chi connectivity index (χ0v) is 12.4. The number of fused-ring (bicyclic) bond motifs is 1. The van der Waals surface area contributed by atoms with Crippen molar-refractivity contribution in [1.82, 2.24) is 15.5 Å². The van der Waals surface area contributed by atoms with Gasteiger partial charge in [0.15, 0.2) is 0 Å². The number of amides is 4. The van der Waals surface area contributed by atoms with Crippen LogP contribution in [0.25, 0.3) is 0 Å². The molecular formula is C15H17N3O5. The smallest absolute Gasteiger partial charge is 0.411 e. The zero-order valence-electron chi connectivity index (χ0n) is 12.4. The molecule has 4 amide bonds. The number of imide groups is 2. The Morgan fingerprint density at radius 2 is 2.13 bits per heavy atom. The molecule has 2 aliphatic heterocycles. The van der Waals surface area contributed by atoms with Gasteiger partial charge in [0.25, 0.3) is 5.91 Å². The number of allylic oxidation sites excluding steroid dienone is 1. The summed E-state index contributed by atoms with van der Waals surface area (Å²) in [6, 6.07) is -0.359. The van der Waals surface area contributed by atoms with E-state index < -0.39 is 12.0 Å². The van der Waals surface area contributed by atoms with Gasteiger partial charge in [-0.3, -0.25) is 25.0 Å². The third-order valence-electron chi connectivity index (χ3n) is 4.46. The second-order valence-corrected chi connectivity index (χ2v) is 5.96. The van der Waals surface area contributed by atoms with Gasteiger partial charge in [-0.15, -0.1) is 0 Å². The normalized spacial score (nSPS) is 26.9. The number of hydrogen-bond donors (Lipinski definition) is 3. The van der Waals surface area contributed by atoms with Crippen LogP contribution in [-0.2, 0) is 14.4 Å². The Labute approximate surface area is 132 Å². The summed E-state index contributed by atoms with van der Waals surface area (Å²) in [7, 11) is 0. The van der Waals surface area contributed by atoms with Gasteiger partial charge in [-0.2, -0.15) is 0 Å². The fourth-order valence-corrected chi connectivity index (χ4v) is 3.33. The number of carbonyl (C=O) groups is 4. The number of rotatable bonds is 2. The highest BCUT2D eigenvalue weighted by molar-refractivity contribution is 6.02. The first-order valence-corrected chi connectivity index (χ1v) is 7.47. The Balaban J connectivity index is 1.64. The molecular weight excluding hydrogens is 302 g/mol. The summed E-state index contributed by atoms with van der Waals surface area (Å²) in [6.07, 6.45) is 4.13. The number of nitrogens with one attached hydrogen (secondary N) is 2. The molecule has 1 aliphatic carbocycles. The lowest BCUT2D eigenvalue weighted by molar-refractivity contribution is -0.136. The van der Waals surface area contributed by atoms with E-state index in [1.54, 1.807) is 6.08 Å². The predicted molar refractivity (Wildman–Crippen MR) is 77.9 cm³/mol. The average molecular weight is 319 g/mol. The minimum atomic E-state index is -1.37. The summed E-state index contributed by atoms with van der Waals surface area (Å²) in [5, 5.41) is 12.8. The van der Waals surface area contributed by atoms with Crippen molar-refractivity contribution in [3.8, 4) is 0 Å². The maximum Gasteiger partial charge on any atom is 0.411 e. The van der Waals surface area contributed by atoms with Crippen LogP contribution in [0.15, 0.2) is 23.4 Å². The molecule has 122 valence electrons. The molecule has 8 nitrogen and oxygen atoms in total. The van der Waals surface area contributed by atoms with E-state index in [1.807, 2.05) is 16.4 Å². The van der Waals surface area contributed by atoms with Crippen molar-refractivity contribution in [2.75, 3.05) is 6.54 Å². The van der Waals surface area contributed by atoms with Crippen molar-refractivity contribution in [3.05, 3.63) is 23.4 Å². The van der Waals surface area contributed by atoms with E-state index in [-0.39, 0.29) is 23.8 Å². The first-order valence-electron chi connectivity index (χ1n) is 7.47. The van der Waals surface area contributed by atoms with Gasteiger partial charge in [0.05, 0.1) is 0 Å². The van der Waals surface area contributed by atoms with Crippen LogP contribution in [-0.4, -0.2) is 46.4 Å². The van der Waals surface area contributed by atoms with Gasteiger partial charge in [-0.1, -0.05) is 6.08 Å². The quantitative estimate of drug-likeness (QED) is 0.623. The van der Waals surface area contributed by atoms with Crippen molar-refractivity contribution < 1.29 is 24.3 Å². The van der Waals surface area contributed by atoms with E-state index in [0.29, 0.717) is 37.8 Å². The molecule has 0 saturated carbocycles. The van der Waals surface area contributed by atoms with Crippen molar-refractivity contribution in [3.63, 3.8) is 0 Å². The Hall–Kier alpha value is -2.64. The maximum absolute atomic E-state index is 11.9. The summed E-state index contributed by atoms with van der Waals surface area (Å²) in [6.45, 7) is 0.597. The molecule has 0 aromatic rings. The zero-order chi connectivity index (χ0) is 16.6. The second kappa shape index (κ2) is 5.86. The maximum atomic E-state index is 11.9. The van der Waals surface area contributed by atoms with E-state index in [1.165, 1.54) is 0 Å². The highest BCUT2D eigenvalue weighted by Crippen LogP contribution is 2.36. The molecule has 2 heterocycles. The Morgan fingerprint density at radius 3 is 2.83 bits per heavy atom. The van der Waals surface area contributed by atoms with E-state index in [2.05, 4.69) is 5.32 Å². The molecule has 0 aromatic heterocycles. The van der Waals surface area contributed by atoms with Gasteiger partial charge in [0.2, 0.25) is 11.8 Å². The molecule has 0 radical (unpaired) electrons. The number of piperidine rings is 1. The lowest BCUT2D eigenvalue weighted by Gasteiger charge is -2.30. The molecule has 8 heteroatoms. The Bertz CT molecular complexity index is 651. The molecule has 3 N–H and O–H groups in total. The lowest BCUT2D eigenvalue weighted by atomic mass is 9.86. The summed E-state index contributed by atoms with van der Waals surface area (Å²) < 4.78 is 0. The topological polar surface area (TPSA) is 116 Å². The van der Waals surface area contributed by atoms with Crippen LogP contribution >= 0.6 is 0 Å². The fraction of sp³-hybridized carbons (Fsp3) is 0.467. The summed E-state index contributed by atoms with van der Waals surface area (Å²) in [5.74, 6) is -1.02. The molecule has 0 aromatic carbocycles. The third-order valence-corrected chi connectivity index (χ3v) is 4.46. The van der Waals surface area contributed by atoms with Crippen LogP contribution in [0.4, 0.5) is 4.79 Å². The molecule has 2 atom stereocenters. The molecule has 1 saturated heterocycles. The molecule has 0 bridgehead atoms. The number of nitrogens with zero attached hydrogens (tertiary/aromatic N) is 1. The van der Waals surface area contributed by atoms with Crippen molar-refractivity contribution >= 4 is 23.8 Å². The molecule has 23 heavy (non-hydrogen) atoms. The average Bonchev–Trinajstić information content (AvgIpc) is 2.88. The largest absolute Gasteiger partial charge is 0.465 e. The lowest BCUT2D eigenvalue weighted by Crippen LogP contribution is -2.50. The van der Waals surface area contributed by atoms with Gasteiger partial charge in [0.1, 0.15) is 6.04 Å². The van der Waals surface area contributed by atoms with E-state index in [4.69, 9.17) is 5.11 Å². The van der Waals surface area contributed by atoms with E-state index in [0.717, 1.165) is 5.57 Å². The van der Waals surface area contributed by atoms with Gasteiger partial charge in [-0.25, -0.2) is 4.79 Å². The minimum absolute atomic E-state index is 0.0972. The van der Waals surface area contributed by atoms with E-state index >= 15 is 0 Å². The minimum Gasteiger partial charge on any atom is -0.465 e. The molecule has 3 rings (SSSR count). The van der Waals surface area contributed by atoms with Gasteiger partial charge in [-0.05, 0) is 31.0 Å². The van der Waals surface area contributed by atoms with Crippen LogP contribution in [0, 0.1) is 5.92 Å². The molecule has 3 aliphatic rings. The summed E-state index contributed by atoms with van der Waals surface area (Å²) in [5.41, 5.74) is 1.58. The van der Waals surface area contributed by atoms with Crippen LogP contribution in [0.1, 0.15) is 25.7 Å². The van der Waals surface area contributed by atoms with Gasteiger partial charge < -0.3 is 10.0 Å². The summed E-state index contributed by atoms with van der Waals surface area (Å²) in [4.78, 5) is 47.4. The second-order valence-electron chi connectivity index (χ2n) is 5.96. The Morgan fingerprint density at radius 1 is 1.35 bits per heavy atom.